The highest BCUT2D eigenvalue weighted by atomic mass is 79.9. The van der Waals surface area contributed by atoms with Crippen molar-refractivity contribution in [3.8, 4) is 0 Å². The van der Waals surface area contributed by atoms with Crippen LogP contribution in [0.25, 0.3) is 0 Å². The second-order valence-corrected chi connectivity index (χ2v) is 1.99. The van der Waals surface area contributed by atoms with Gasteiger partial charge in [0, 0.05) is 0 Å². The van der Waals surface area contributed by atoms with E-state index >= 15 is 0 Å². The molecule has 1 radical (unpaired) electrons. The molecule has 0 amide bonds. The lowest BCUT2D eigenvalue weighted by atomic mass is 10.4. The zero-order chi connectivity index (χ0) is 7.65. The second-order valence-electron chi connectivity index (χ2n) is 1.18. The van der Waals surface area contributed by atoms with Crippen molar-refractivity contribution in [3.05, 3.63) is 6.43 Å². The molecule has 55 valence electrons. The van der Waals surface area contributed by atoms with Gasteiger partial charge in [0.15, 0.2) is 0 Å². The summed E-state index contributed by atoms with van der Waals surface area (Å²) in [5.74, 6) is -4.67. The molecule has 0 bridgehead atoms. The van der Waals surface area contributed by atoms with Crippen molar-refractivity contribution in [2.75, 3.05) is 0 Å². The van der Waals surface area contributed by atoms with E-state index in [-0.39, 0.29) is 0 Å². The Hall–Kier alpha value is 0.130. The summed E-state index contributed by atoms with van der Waals surface area (Å²) >= 11 is 1.68. The molecular weight excluding hydrogens is 211 g/mol. The van der Waals surface area contributed by atoms with Gasteiger partial charge in [-0.1, -0.05) is 0 Å². The maximum atomic E-state index is 11.5. The van der Waals surface area contributed by atoms with Crippen molar-refractivity contribution in [3.63, 3.8) is 0 Å². The van der Waals surface area contributed by atoms with Crippen LogP contribution in [-0.4, -0.2) is 11.0 Å². The van der Waals surface area contributed by atoms with Crippen molar-refractivity contribution in [1.82, 2.24) is 0 Å². The van der Waals surface area contributed by atoms with E-state index in [9.17, 15) is 22.0 Å². The molecule has 0 aromatic rings. The molecule has 0 aromatic carbocycles. The first-order valence-electron chi connectivity index (χ1n) is 1.73. The topological polar surface area (TPSA) is 0 Å². The van der Waals surface area contributed by atoms with Gasteiger partial charge in [0.05, 0.1) is 0 Å². The standard InChI is InChI=1S/C3HBrF5/c4-1(5)3(8,9)2(6)7/h1H. The zero-order valence-corrected chi connectivity index (χ0v) is 5.43. The summed E-state index contributed by atoms with van der Waals surface area (Å²) in [6.07, 6.45) is -3.23. The van der Waals surface area contributed by atoms with Crippen LogP contribution in [0.3, 0.4) is 0 Å². The monoisotopic (exact) mass is 211 g/mol. The molecule has 0 saturated heterocycles. The van der Waals surface area contributed by atoms with Crippen LogP contribution in [-0.2, 0) is 0 Å². The molecular formula is C3HBrF5. The van der Waals surface area contributed by atoms with Crippen LogP contribution < -0.4 is 0 Å². The van der Waals surface area contributed by atoms with E-state index in [2.05, 4.69) is 0 Å². The van der Waals surface area contributed by atoms with E-state index in [0.717, 1.165) is 0 Å². The summed E-state index contributed by atoms with van der Waals surface area (Å²) < 4.78 is 56.2. The Morgan fingerprint density at radius 2 is 1.67 bits per heavy atom. The van der Waals surface area contributed by atoms with Crippen molar-refractivity contribution < 1.29 is 22.0 Å². The first-order valence-corrected chi connectivity index (χ1v) is 2.65. The average Bonchev–Trinajstić information content (AvgIpc) is 1.65. The predicted molar refractivity (Wildman–Crippen MR) is 24.2 cm³/mol. The van der Waals surface area contributed by atoms with Gasteiger partial charge >= 0.3 is 12.3 Å². The SMILES string of the molecule is F[C](F)C(F)(F)C(F)Br. The summed E-state index contributed by atoms with van der Waals surface area (Å²) in [5.41, 5.74) is 0. The number of hydrogen-bond acceptors (Lipinski definition) is 0. The maximum absolute atomic E-state index is 11.5. The normalized spacial score (nSPS) is 16.3. The molecule has 6 heteroatoms. The van der Waals surface area contributed by atoms with Crippen LogP contribution in [0.15, 0.2) is 0 Å². The van der Waals surface area contributed by atoms with Crippen LogP contribution in [0, 0.1) is 6.43 Å². The Morgan fingerprint density at radius 1 is 1.33 bits per heavy atom. The lowest BCUT2D eigenvalue weighted by molar-refractivity contribution is -0.0844. The Labute approximate surface area is 56.2 Å². The van der Waals surface area contributed by atoms with Crippen molar-refractivity contribution in [1.29, 1.82) is 0 Å². The molecule has 0 saturated carbocycles. The fourth-order valence-corrected chi connectivity index (χ4v) is 0.256. The van der Waals surface area contributed by atoms with Gasteiger partial charge in [0.2, 0.25) is 5.08 Å². The number of halogens is 6. The minimum Gasteiger partial charge on any atom is -0.228 e. The molecule has 0 aromatic heterocycles. The van der Waals surface area contributed by atoms with Gasteiger partial charge in [0.25, 0.3) is 0 Å². The van der Waals surface area contributed by atoms with Crippen LogP contribution in [0.2, 0.25) is 0 Å². The number of rotatable bonds is 2. The molecule has 0 aliphatic rings. The molecule has 0 fully saturated rings. The summed E-state index contributed by atoms with van der Waals surface area (Å²) in [6.45, 7) is 0. The van der Waals surface area contributed by atoms with Crippen molar-refractivity contribution in [2.45, 2.75) is 11.0 Å². The molecule has 0 aliphatic carbocycles. The number of hydrogen-bond donors (Lipinski definition) is 0. The van der Waals surface area contributed by atoms with E-state index in [0.29, 0.717) is 0 Å². The predicted octanol–water partition coefficient (Wildman–Crippen LogP) is 2.74. The Bertz CT molecular complexity index is 80.2. The molecule has 0 rings (SSSR count). The highest BCUT2D eigenvalue weighted by Gasteiger charge is 2.50. The van der Waals surface area contributed by atoms with E-state index in [1.165, 1.54) is 0 Å². The zero-order valence-electron chi connectivity index (χ0n) is 3.85. The maximum Gasteiger partial charge on any atom is 0.382 e. The third-order valence-electron chi connectivity index (χ3n) is 0.526. The fourth-order valence-electron chi connectivity index (χ4n) is 0.0825. The average molecular weight is 212 g/mol. The highest BCUT2D eigenvalue weighted by molar-refractivity contribution is 9.09. The minimum absolute atomic E-state index is 1.68. The summed E-state index contributed by atoms with van der Waals surface area (Å²) in [4.78, 5) is 0. The molecule has 0 N–H and O–H groups in total. The van der Waals surface area contributed by atoms with Crippen LogP contribution in [0.4, 0.5) is 22.0 Å². The van der Waals surface area contributed by atoms with Gasteiger partial charge in [-0.15, -0.1) is 0 Å². The van der Waals surface area contributed by atoms with Crippen LogP contribution >= 0.6 is 15.9 Å². The van der Waals surface area contributed by atoms with E-state index < -0.39 is 17.4 Å². The highest BCUT2D eigenvalue weighted by Crippen LogP contribution is 2.36. The first kappa shape index (κ1) is 9.13. The molecule has 1 atom stereocenters. The van der Waals surface area contributed by atoms with Gasteiger partial charge in [0.1, 0.15) is 0 Å². The van der Waals surface area contributed by atoms with Gasteiger partial charge in [-0.25, -0.2) is 4.39 Å². The Balaban J connectivity index is 4.01. The summed E-state index contributed by atoms with van der Waals surface area (Å²) in [7, 11) is 0. The lowest BCUT2D eigenvalue weighted by Crippen LogP contribution is -2.28. The fraction of sp³-hybridized carbons (Fsp3) is 0.667. The lowest BCUT2D eigenvalue weighted by Gasteiger charge is -2.12. The van der Waals surface area contributed by atoms with Gasteiger partial charge in [-0.05, 0) is 15.9 Å². The molecule has 1 unspecified atom stereocenters. The smallest absolute Gasteiger partial charge is 0.228 e. The Kier molecular flexibility index (Phi) is 2.85. The van der Waals surface area contributed by atoms with E-state index in [1.807, 2.05) is 0 Å². The Morgan fingerprint density at radius 3 is 1.67 bits per heavy atom. The van der Waals surface area contributed by atoms with Crippen LogP contribution in [0.5, 0.6) is 0 Å². The van der Waals surface area contributed by atoms with Gasteiger partial charge in [-0.3, -0.25) is 0 Å². The van der Waals surface area contributed by atoms with Gasteiger partial charge in [-0.2, -0.15) is 17.6 Å². The first-order chi connectivity index (χ1) is 3.89. The van der Waals surface area contributed by atoms with Crippen molar-refractivity contribution in [2.24, 2.45) is 0 Å². The quantitative estimate of drug-likeness (QED) is 0.487. The molecule has 0 heterocycles. The third kappa shape index (κ3) is 2.08. The van der Waals surface area contributed by atoms with E-state index in [4.69, 9.17) is 0 Å². The molecule has 0 spiro atoms. The van der Waals surface area contributed by atoms with Gasteiger partial charge < -0.3 is 0 Å². The van der Waals surface area contributed by atoms with Crippen molar-refractivity contribution >= 4 is 15.9 Å². The van der Waals surface area contributed by atoms with E-state index in [1.54, 1.807) is 15.9 Å². The summed E-state index contributed by atoms with van der Waals surface area (Å²) in [6, 6.07) is 0. The largest absolute Gasteiger partial charge is 0.382 e. The summed E-state index contributed by atoms with van der Waals surface area (Å²) in [5, 5.41) is -3.02. The molecule has 9 heavy (non-hydrogen) atoms. The molecule has 0 aliphatic heterocycles. The number of alkyl halides is 4. The minimum atomic E-state index is -4.67. The molecule has 0 nitrogen and oxygen atoms in total. The third-order valence-corrected chi connectivity index (χ3v) is 1.10. The van der Waals surface area contributed by atoms with Crippen LogP contribution in [0.1, 0.15) is 0 Å². The second kappa shape index (κ2) is 2.81.